The van der Waals surface area contributed by atoms with Crippen LogP contribution in [0.15, 0.2) is 30.3 Å². The minimum Gasteiger partial charge on any atom is -0.373 e. The second kappa shape index (κ2) is 7.65. The summed E-state index contributed by atoms with van der Waals surface area (Å²) in [5.41, 5.74) is 0. The van der Waals surface area contributed by atoms with Crippen molar-refractivity contribution < 1.29 is 13.3 Å². The maximum Gasteiger partial charge on any atom is 0.537 e. The number of hydrogen-bond acceptors (Lipinski definition) is 4. The van der Waals surface area contributed by atoms with Crippen LogP contribution in [0.1, 0.15) is 20.3 Å². The summed E-state index contributed by atoms with van der Waals surface area (Å²) in [6, 6.07) is 9.84. The van der Waals surface area contributed by atoms with Crippen LogP contribution in [0.5, 0.6) is 0 Å². The Hall–Kier alpha value is -0.723. The Balaban J connectivity index is 2.81. The summed E-state index contributed by atoms with van der Waals surface area (Å²) in [6.45, 7) is 5.00. The van der Waals surface area contributed by atoms with E-state index in [9.17, 15) is 0 Å². The molecular formula is C13H23NO3Si. The Morgan fingerprint density at radius 2 is 1.78 bits per heavy atom. The molecule has 0 saturated heterocycles. The highest BCUT2D eigenvalue weighted by Crippen LogP contribution is 2.10. The highest BCUT2D eigenvalue weighted by molar-refractivity contribution is 6.75. The quantitative estimate of drug-likeness (QED) is 0.573. The van der Waals surface area contributed by atoms with Crippen molar-refractivity contribution in [2.75, 3.05) is 20.8 Å². The first-order valence-corrected chi connectivity index (χ1v) is 7.98. The first-order chi connectivity index (χ1) is 8.68. The minimum absolute atomic E-state index is 0.100. The molecule has 0 spiro atoms. The van der Waals surface area contributed by atoms with Gasteiger partial charge in [-0.05, 0) is 19.9 Å². The zero-order valence-electron chi connectivity index (χ0n) is 11.6. The van der Waals surface area contributed by atoms with Crippen molar-refractivity contribution in [1.82, 2.24) is 5.32 Å². The second-order valence-electron chi connectivity index (χ2n) is 4.04. The normalized spacial score (nSPS) is 13.6. The fourth-order valence-corrected chi connectivity index (χ4v) is 3.86. The number of nitrogens with one attached hydrogen (secondary N) is 1. The van der Waals surface area contributed by atoms with E-state index in [1.54, 1.807) is 14.2 Å². The Labute approximate surface area is 111 Å². The van der Waals surface area contributed by atoms with Crippen molar-refractivity contribution in [2.24, 2.45) is 0 Å². The van der Waals surface area contributed by atoms with Gasteiger partial charge in [0.15, 0.2) is 0 Å². The molecule has 0 aliphatic carbocycles. The molecule has 0 heterocycles. The molecule has 18 heavy (non-hydrogen) atoms. The number of benzene rings is 1. The van der Waals surface area contributed by atoms with Gasteiger partial charge in [0.25, 0.3) is 0 Å². The molecule has 1 aromatic rings. The van der Waals surface area contributed by atoms with Gasteiger partial charge in [0.05, 0.1) is 6.23 Å². The fraction of sp³-hybridized carbons (Fsp3) is 0.538. The molecule has 102 valence electrons. The number of rotatable bonds is 8. The monoisotopic (exact) mass is 269 g/mol. The predicted molar refractivity (Wildman–Crippen MR) is 74.7 cm³/mol. The Morgan fingerprint density at radius 3 is 2.28 bits per heavy atom. The Kier molecular flexibility index (Phi) is 6.52. The third-order valence-corrected chi connectivity index (χ3v) is 5.46. The number of hydrogen-bond donors (Lipinski definition) is 1. The highest BCUT2D eigenvalue weighted by Gasteiger charge is 2.43. The van der Waals surface area contributed by atoms with Crippen LogP contribution in [0.2, 0.25) is 0 Å². The average Bonchev–Trinajstić information content (AvgIpc) is 2.43. The van der Waals surface area contributed by atoms with Crippen molar-refractivity contribution in [3.63, 3.8) is 0 Å². The summed E-state index contributed by atoms with van der Waals surface area (Å²) < 4.78 is 17.2. The standard InChI is InChI=1S/C13H23NO3Si/c1-5-11-14-12(2)17-18(15-3,16-4)13-9-7-6-8-10-13/h6-10,12,14H,5,11H2,1-4H3. The summed E-state index contributed by atoms with van der Waals surface area (Å²) in [5.74, 6) is 0. The zero-order chi connectivity index (χ0) is 13.4. The molecule has 0 fully saturated rings. The molecule has 0 aliphatic rings. The third-order valence-electron chi connectivity index (χ3n) is 2.68. The maximum absolute atomic E-state index is 6.01. The molecule has 5 heteroatoms. The van der Waals surface area contributed by atoms with E-state index >= 15 is 0 Å². The van der Waals surface area contributed by atoms with E-state index in [1.165, 1.54) is 0 Å². The Bertz CT molecular complexity index is 330. The van der Waals surface area contributed by atoms with Crippen LogP contribution >= 0.6 is 0 Å². The first kappa shape index (κ1) is 15.3. The molecule has 0 saturated carbocycles. The molecule has 1 atom stereocenters. The van der Waals surface area contributed by atoms with Crippen LogP contribution in [0.3, 0.4) is 0 Å². The molecule has 1 rings (SSSR count). The van der Waals surface area contributed by atoms with Crippen molar-refractivity contribution in [2.45, 2.75) is 26.5 Å². The second-order valence-corrected chi connectivity index (χ2v) is 6.79. The van der Waals surface area contributed by atoms with Gasteiger partial charge in [-0.1, -0.05) is 37.3 Å². The van der Waals surface area contributed by atoms with E-state index in [2.05, 4.69) is 12.2 Å². The minimum atomic E-state index is -2.80. The van der Waals surface area contributed by atoms with Gasteiger partial charge in [0.2, 0.25) is 0 Å². The van der Waals surface area contributed by atoms with E-state index < -0.39 is 8.80 Å². The summed E-state index contributed by atoms with van der Waals surface area (Å²) in [7, 11) is 0.473. The first-order valence-electron chi connectivity index (χ1n) is 6.25. The van der Waals surface area contributed by atoms with Gasteiger partial charge in [0, 0.05) is 19.4 Å². The van der Waals surface area contributed by atoms with E-state index in [1.807, 2.05) is 37.3 Å². The zero-order valence-corrected chi connectivity index (χ0v) is 12.6. The molecule has 1 aromatic carbocycles. The van der Waals surface area contributed by atoms with Crippen LogP contribution in [-0.4, -0.2) is 35.8 Å². The predicted octanol–water partition coefficient (Wildman–Crippen LogP) is 1.49. The van der Waals surface area contributed by atoms with Gasteiger partial charge in [-0.3, -0.25) is 5.32 Å². The van der Waals surface area contributed by atoms with Crippen molar-refractivity contribution in [3.05, 3.63) is 30.3 Å². The molecule has 0 aromatic heterocycles. The third kappa shape index (κ3) is 3.89. The summed E-state index contributed by atoms with van der Waals surface area (Å²) in [6.07, 6.45) is 0.963. The lowest BCUT2D eigenvalue weighted by molar-refractivity contribution is 0.0603. The van der Waals surface area contributed by atoms with Crippen molar-refractivity contribution in [3.8, 4) is 0 Å². The summed E-state index contributed by atoms with van der Waals surface area (Å²) >= 11 is 0. The van der Waals surface area contributed by atoms with Crippen molar-refractivity contribution >= 4 is 14.0 Å². The molecule has 4 nitrogen and oxygen atoms in total. The molecule has 1 unspecified atom stereocenters. The fourth-order valence-electron chi connectivity index (χ4n) is 1.75. The lowest BCUT2D eigenvalue weighted by atomic mass is 10.4. The van der Waals surface area contributed by atoms with Crippen LogP contribution in [0, 0.1) is 0 Å². The van der Waals surface area contributed by atoms with E-state index in [-0.39, 0.29) is 6.23 Å². The lowest BCUT2D eigenvalue weighted by Crippen LogP contribution is -2.58. The highest BCUT2D eigenvalue weighted by atomic mass is 28.4. The Morgan fingerprint density at radius 1 is 1.17 bits per heavy atom. The van der Waals surface area contributed by atoms with Crippen molar-refractivity contribution in [1.29, 1.82) is 0 Å². The molecule has 0 radical (unpaired) electrons. The van der Waals surface area contributed by atoms with Gasteiger partial charge < -0.3 is 13.3 Å². The van der Waals surface area contributed by atoms with E-state index in [4.69, 9.17) is 13.3 Å². The van der Waals surface area contributed by atoms with Gasteiger partial charge in [-0.2, -0.15) is 0 Å². The van der Waals surface area contributed by atoms with Crippen LogP contribution in [0.25, 0.3) is 0 Å². The van der Waals surface area contributed by atoms with E-state index in [0.717, 1.165) is 18.2 Å². The maximum atomic E-state index is 6.01. The molecule has 1 N–H and O–H groups in total. The van der Waals surface area contributed by atoms with E-state index in [0.29, 0.717) is 0 Å². The molecule has 0 aliphatic heterocycles. The van der Waals surface area contributed by atoms with Crippen LogP contribution < -0.4 is 10.5 Å². The molecular weight excluding hydrogens is 246 g/mol. The lowest BCUT2D eigenvalue weighted by Gasteiger charge is -2.30. The van der Waals surface area contributed by atoms with Gasteiger partial charge in [-0.15, -0.1) is 0 Å². The van der Waals surface area contributed by atoms with Gasteiger partial charge >= 0.3 is 8.80 Å². The average molecular weight is 269 g/mol. The summed E-state index contributed by atoms with van der Waals surface area (Å²) in [5, 5.41) is 4.25. The van der Waals surface area contributed by atoms with Gasteiger partial charge in [-0.25, -0.2) is 0 Å². The molecule has 0 amide bonds. The van der Waals surface area contributed by atoms with Gasteiger partial charge in [0.1, 0.15) is 0 Å². The van der Waals surface area contributed by atoms with Crippen LogP contribution in [-0.2, 0) is 13.3 Å². The SMILES string of the molecule is CCCNC(C)O[Si](OC)(OC)c1ccccc1. The topological polar surface area (TPSA) is 39.7 Å². The largest absolute Gasteiger partial charge is 0.537 e. The summed E-state index contributed by atoms with van der Waals surface area (Å²) in [4.78, 5) is 0. The molecule has 0 bridgehead atoms. The smallest absolute Gasteiger partial charge is 0.373 e. The van der Waals surface area contributed by atoms with Crippen LogP contribution in [0.4, 0.5) is 0 Å².